The van der Waals surface area contributed by atoms with Gasteiger partial charge in [-0.05, 0) is 125 Å². The topological polar surface area (TPSA) is 128 Å². The van der Waals surface area contributed by atoms with Gasteiger partial charge < -0.3 is 20.5 Å². The fraction of sp³-hybridized carbons (Fsp3) is 0.537. The van der Waals surface area contributed by atoms with Crippen molar-refractivity contribution in [2.24, 2.45) is 23.2 Å². The third-order valence-electron chi connectivity index (χ3n) is 12.4. The summed E-state index contributed by atoms with van der Waals surface area (Å²) in [6.07, 6.45) is 11.0. The van der Waals surface area contributed by atoms with E-state index in [9.17, 15) is 14.4 Å². The predicted octanol–water partition coefficient (Wildman–Crippen LogP) is 5.37. The number of hydrogen-bond donors (Lipinski definition) is 3. The first-order valence-electron chi connectivity index (χ1n) is 19.3. The van der Waals surface area contributed by atoms with Gasteiger partial charge in [0.25, 0.3) is 11.5 Å². The second kappa shape index (κ2) is 13.8. The first-order valence-corrected chi connectivity index (χ1v) is 19.3. The molecule has 274 valence electrons. The minimum Gasteiger partial charge on any atom is -0.354 e. The smallest absolute Gasteiger partial charge is 0.253 e. The molecule has 5 fully saturated rings. The van der Waals surface area contributed by atoms with Crippen LogP contribution in [0.1, 0.15) is 85.6 Å². The molecule has 2 amide bonds. The third-order valence-corrected chi connectivity index (χ3v) is 12.4. The van der Waals surface area contributed by atoms with Crippen LogP contribution in [0.25, 0.3) is 22.0 Å². The zero-order chi connectivity index (χ0) is 36.1. The van der Waals surface area contributed by atoms with Gasteiger partial charge in [0, 0.05) is 85.7 Å². The molecule has 11 nitrogen and oxygen atoms in total. The number of carbonyl (C=O) groups excluding carboxylic acids is 2. The number of fused-ring (bicyclic) bond motifs is 1. The molecule has 1 aliphatic heterocycles. The molecule has 1 aromatic carbocycles. The van der Waals surface area contributed by atoms with Gasteiger partial charge in [-0.1, -0.05) is 0 Å². The first-order chi connectivity index (χ1) is 25.0. The lowest BCUT2D eigenvalue weighted by Gasteiger charge is -2.55. The zero-order valence-corrected chi connectivity index (χ0v) is 31.0. The summed E-state index contributed by atoms with van der Waals surface area (Å²) in [5.41, 5.74) is 5.08. The number of carbonyl (C=O) groups is 2. The number of rotatable bonds is 10. The van der Waals surface area contributed by atoms with Crippen molar-refractivity contribution in [1.82, 2.24) is 35.3 Å². The number of H-pyrrole nitrogens is 1. The van der Waals surface area contributed by atoms with Crippen LogP contribution in [-0.2, 0) is 11.3 Å². The molecule has 4 heterocycles. The number of anilines is 1. The van der Waals surface area contributed by atoms with E-state index in [1.165, 1.54) is 19.3 Å². The molecule has 0 unspecified atom stereocenters. The summed E-state index contributed by atoms with van der Waals surface area (Å²) in [6, 6.07) is 10.1. The Hall–Kier alpha value is -4.51. The Bertz CT molecular complexity index is 2000. The summed E-state index contributed by atoms with van der Waals surface area (Å²) in [5, 5.41) is 11.7. The normalized spacial score (nSPS) is 24.2. The highest BCUT2D eigenvalue weighted by molar-refractivity contribution is 6.08. The number of hydrogen-bond acceptors (Lipinski definition) is 7. The van der Waals surface area contributed by atoms with E-state index in [0.717, 1.165) is 115 Å². The summed E-state index contributed by atoms with van der Waals surface area (Å²) in [4.78, 5) is 52.1. The van der Waals surface area contributed by atoms with Crippen molar-refractivity contribution in [3.63, 3.8) is 0 Å². The van der Waals surface area contributed by atoms with Gasteiger partial charge in [-0.3, -0.25) is 24.0 Å². The fourth-order valence-corrected chi connectivity index (χ4v) is 10.1. The van der Waals surface area contributed by atoms with Crippen LogP contribution in [-0.4, -0.2) is 75.7 Å². The number of nitrogens with zero attached hydrogens (tertiary/aromatic N) is 5. The van der Waals surface area contributed by atoms with Crippen LogP contribution in [0.4, 0.5) is 5.82 Å². The van der Waals surface area contributed by atoms with E-state index in [1.54, 1.807) is 6.20 Å². The highest BCUT2D eigenvalue weighted by Gasteiger charge is 2.54. The molecule has 4 aromatic rings. The van der Waals surface area contributed by atoms with Crippen molar-refractivity contribution >= 4 is 28.5 Å². The number of amides is 2. The highest BCUT2D eigenvalue weighted by atomic mass is 16.2. The molecule has 0 radical (unpaired) electrons. The van der Waals surface area contributed by atoms with Gasteiger partial charge in [0.05, 0.1) is 17.3 Å². The van der Waals surface area contributed by atoms with Crippen molar-refractivity contribution in [1.29, 1.82) is 0 Å². The van der Waals surface area contributed by atoms with E-state index in [4.69, 9.17) is 4.98 Å². The Balaban J connectivity index is 0.904. The van der Waals surface area contributed by atoms with Gasteiger partial charge in [-0.15, -0.1) is 0 Å². The Morgan fingerprint density at radius 2 is 1.63 bits per heavy atom. The van der Waals surface area contributed by atoms with E-state index in [0.29, 0.717) is 17.0 Å². The number of aryl methyl sites for hydroxylation is 2. The minimum atomic E-state index is -0.260. The van der Waals surface area contributed by atoms with Gasteiger partial charge in [-0.2, -0.15) is 5.10 Å². The van der Waals surface area contributed by atoms with E-state index in [1.807, 2.05) is 36.9 Å². The Kier molecular flexibility index (Phi) is 9.18. The summed E-state index contributed by atoms with van der Waals surface area (Å²) in [7, 11) is 0. The number of piperazine rings is 1. The average Bonchev–Trinajstić information content (AvgIpc) is 3.55. The molecule has 1 saturated heterocycles. The molecule has 11 heteroatoms. The van der Waals surface area contributed by atoms with Crippen molar-refractivity contribution in [3.05, 3.63) is 75.5 Å². The van der Waals surface area contributed by atoms with Crippen molar-refractivity contribution in [2.45, 2.75) is 78.8 Å². The molecule has 9 rings (SSSR count). The lowest BCUT2D eigenvalue weighted by molar-refractivity contribution is -0.146. The van der Waals surface area contributed by atoms with Crippen LogP contribution in [0.5, 0.6) is 0 Å². The fourth-order valence-electron chi connectivity index (χ4n) is 10.1. The number of nitrogens with one attached hydrogen (secondary N) is 3. The SMILES string of the molecule is Cc1cc(C)c(CNC(=O)c2cc(-c3ccc(N4CCN(CCNC(=O)C56CC7CC(CC(C7)C5)C6)CC4)nc3)cc3c2cnn3C(C)C)c(=O)[nH]1. The molecular weight excluding hydrogens is 653 g/mol. The van der Waals surface area contributed by atoms with Crippen molar-refractivity contribution in [3.8, 4) is 11.1 Å². The second-order valence-corrected chi connectivity index (χ2v) is 16.5. The van der Waals surface area contributed by atoms with Crippen LogP contribution >= 0.6 is 0 Å². The molecule has 4 saturated carbocycles. The minimum absolute atomic E-state index is 0.0801. The summed E-state index contributed by atoms with van der Waals surface area (Å²) >= 11 is 0. The van der Waals surface area contributed by atoms with Crippen molar-refractivity contribution < 1.29 is 9.59 Å². The molecule has 4 bridgehead atoms. The van der Waals surface area contributed by atoms with E-state index >= 15 is 0 Å². The Labute approximate surface area is 305 Å². The maximum absolute atomic E-state index is 13.7. The van der Waals surface area contributed by atoms with Gasteiger partial charge in [0.2, 0.25) is 5.91 Å². The van der Waals surface area contributed by atoms with E-state index < -0.39 is 0 Å². The summed E-state index contributed by atoms with van der Waals surface area (Å²) in [5.74, 6) is 3.34. The van der Waals surface area contributed by atoms with Crippen LogP contribution in [0.3, 0.4) is 0 Å². The third kappa shape index (κ3) is 6.64. The molecular formula is C41H52N8O3. The Morgan fingerprint density at radius 3 is 2.27 bits per heavy atom. The van der Waals surface area contributed by atoms with Crippen LogP contribution in [0, 0.1) is 37.0 Å². The number of benzene rings is 1. The van der Waals surface area contributed by atoms with Crippen LogP contribution in [0.2, 0.25) is 0 Å². The standard InChI is InChI=1S/C41H52N8O3/c1-25(2)49-36-18-32(17-33(35(36)24-45-49)38(50)44-23-34-26(3)13-27(4)46-39(34)51)31-5-6-37(43-22-31)48-11-9-47(10-12-48)8-7-42-40(52)41-19-28-14-29(20-41)16-30(15-28)21-41/h5-6,13,17-18,22,24-25,28-30H,7-12,14-16,19-21,23H2,1-4H3,(H,42,52)(H,44,50)(H,46,51). The van der Waals surface area contributed by atoms with E-state index in [-0.39, 0.29) is 29.5 Å². The van der Waals surface area contributed by atoms with Gasteiger partial charge >= 0.3 is 0 Å². The number of pyridine rings is 2. The summed E-state index contributed by atoms with van der Waals surface area (Å²) in [6.45, 7) is 13.2. The average molecular weight is 705 g/mol. The molecule has 0 atom stereocenters. The Morgan fingerprint density at radius 1 is 0.923 bits per heavy atom. The molecule has 5 aliphatic rings. The summed E-state index contributed by atoms with van der Waals surface area (Å²) < 4.78 is 1.93. The number of aromatic amines is 1. The van der Waals surface area contributed by atoms with Crippen LogP contribution < -0.4 is 21.1 Å². The molecule has 0 spiro atoms. The molecule has 4 aliphatic carbocycles. The van der Waals surface area contributed by atoms with E-state index in [2.05, 4.69) is 62.6 Å². The van der Waals surface area contributed by atoms with Gasteiger partial charge in [0.15, 0.2) is 0 Å². The maximum Gasteiger partial charge on any atom is 0.253 e. The second-order valence-electron chi connectivity index (χ2n) is 16.5. The quantitative estimate of drug-likeness (QED) is 0.203. The zero-order valence-electron chi connectivity index (χ0n) is 31.0. The van der Waals surface area contributed by atoms with Crippen LogP contribution in [0.15, 0.2) is 47.5 Å². The molecule has 3 N–H and O–H groups in total. The molecule has 3 aromatic heterocycles. The molecule has 52 heavy (non-hydrogen) atoms. The lowest BCUT2D eigenvalue weighted by Crippen LogP contribution is -2.54. The van der Waals surface area contributed by atoms with Crippen molar-refractivity contribution in [2.75, 3.05) is 44.2 Å². The van der Waals surface area contributed by atoms with Gasteiger partial charge in [0.1, 0.15) is 5.82 Å². The first kappa shape index (κ1) is 34.6. The maximum atomic E-state index is 13.7. The highest BCUT2D eigenvalue weighted by Crippen LogP contribution is 2.60. The largest absolute Gasteiger partial charge is 0.354 e. The monoisotopic (exact) mass is 704 g/mol. The predicted molar refractivity (Wildman–Crippen MR) is 203 cm³/mol. The lowest BCUT2D eigenvalue weighted by atomic mass is 9.49. The van der Waals surface area contributed by atoms with Gasteiger partial charge in [-0.25, -0.2) is 4.98 Å². The number of aromatic nitrogens is 4.